The van der Waals surface area contributed by atoms with E-state index in [4.69, 9.17) is 4.42 Å². The Morgan fingerprint density at radius 2 is 2.00 bits per heavy atom. The Morgan fingerprint density at radius 3 is 2.52 bits per heavy atom. The Balaban J connectivity index is 0.00000484. The number of halogens is 1. The standard InChI is InChI=1S/C16H31N5O.HI/c1-7-12(3)21(6)10-9-18-16(17-8-2)19-11-15-20-13(4)14(5)22-15;/h12H,7-11H2,1-6H3,(H2,17,18,19);1H. The Kier molecular flexibility index (Phi) is 11.2. The average molecular weight is 437 g/mol. The Hall–Kier alpha value is -0.830. The van der Waals surface area contributed by atoms with Crippen molar-refractivity contribution in [1.82, 2.24) is 20.5 Å². The third-order valence-corrected chi connectivity index (χ3v) is 3.89. The predicted molar refractivity (Wildman–Crippen MR) is 107 cm³/mol. The number of aliphatic imine (C=N–C) groups is 1. The number of rotatable bonds is 8. The Morgan fingerprint density at radius 1 is 1.30 bits per heavy atom. The predicted octanol–water partition coefficient (Wildman–Crippen LogP) is 2.69. The van der Waals surface area contributed by atoms with E-state index in [-0.39, 0.29) is 24.0 Å². The lowest BCUT2D eigenvalue weighted by molar-refractivity contribution is 0.255. The van der Waals surface area contributed by atoms with Crippen LogP contribution in [0.2, 0.25) is 0 Å². The van der Waals surface area contributed by atoms with E-state index in [1.807, 2.05) is 13.8 Å². The molecule has 0 aromatic carbocycles. The molecule has 0 aliphatic rings. The summed E-state index contributed by atoms with van der Waals surface area (Å²) in [5.41, 5.74) is 0.929. The van der Waals surface area contributed by atoms with Crippen molar-refractivity contribution in [2.75, 3.05) is 26.7 Å². The molecule has 0 aliphatic heterocycles. The maximum atomic E-state index is 5.55. The number of guanidine groups is 1. The fraction of sp³-hybridized carbons (Fsp3) is 0.750. The summed E-state index contributed by atoms with van der Waals surface area (Å²) in [5, 5.41) is 6.59. The van der Waals surface area contributed by atoms with Gasteiger partial charge in [-0.15, -0.1) is 24.0 Å². The highest BCUT2D eigenvalue weighted by atomic mass is 127. The van der Waals surface area contributed by atoms with Gasteiger partial charge in [0.1, 0.15) is 12.3 Å². The zero-order valence-electron chi connectivity index (χ0n) is 15.3. The molecule has 1 heterocycles. The molecule has 134 valence electrons. The number of hydrogen-bond acceptors (Lipinski definition) is 4. The highest BCUT2D eigenvalue weighted by Gasteiger charge is 2.07. The summed E-state index contributed by atoms with van der Waals surface area (Å²) >= 11 is 0. The van der Waals surface area contributed by atoms with Gasteiger partial charge < -0.3 is 20.0 Å². The third kappa shape index (κ3) is 8.01. The second kappa shape index (κ2) is 11.7. The van der Waals surface area contributed by atoms with Crippen LogP contribution in [-0.4, -0.2) is 48.6 Å². The van der Waals surface area contributed by atoms with E-state index in [9.17, 15) is 0 Å². The summed E-state index contributed by atoms with van der Waals surface area (Å²) in [6, 6.07) is 0.597. The van der Waals surface area contributed by atoms with Crippen molar-refractivity contribution in [3.8, 4) is 0 Å². The summed E-state index contributed by atoms with van der Waals surface area (Å²) in [7, 11) is 2.15. The molecule has 0 amide bonds. The SMILES string of the molecule is CCNC(=NCc1nc(C)c(C)o1)NCCN(C)C(C)CC.I. The highest BCUT2D eigenvalue weighted by molar-refractivity contribution is 14.0. The number of aryl methyl sites for hydroxylation is 2. The van der Waals surface area contributed by atoms with E-state index in [0.717, 1.165) is 43.5 Å². The summed E-state index contributed by atoms with van der Waals surface area (Å²) < 4.78 is 5.55. The minimum atomic E-state index is 0. The van der Waals surface area contributed by atoms with Crippen LogP contribution in [0.15, 0.2) is 9.41 Å². The van der Waals surface area contributed by atoms with Crippen LogP contribution in [-0.2, 0) is 6.54 Å². The molecule has 1 aromatic rings. The summed E-state index contributed by atoms with van der Waals surface area (Å²) in [6.45, 7) is 13.5. The van der Waals surface area contributed by atoms with Gasteiger partial charge in [0.05, 0.1) is 5.69 Å². The molecule has 0 bridgehead atoms. The minimum Gasteiger partial charge on any atom is -0.444 e. The fourth-order valence-corrected chi connectivity index (χ4v) is 1.98. The van der Waals surface area contributed by atoms with Gasteiger partial charge in [-0.2, -0.15) is 0 Å². The van der Waals surface area contributed by atoms with E-state index in [0.29, 0.717) is 18.5 Å². The molecule has 2 N–H and O–H groups in total. The third-order valence-electron chi connectivity index (χ3n) is 3.89. The summed E-state index contributed by atoms with van der Waals surface area (Å²) in [4.78, 5) is 11.2. The molecule has 7 heteroatoms. The van der Waals surface area contributed by atoms with Gasteiger partial charge in [-0.1, -0.05) is 6.92 Å². The first-order chi connectivity index (χ1) is 10.5. The van der Waals surface area contributed by atoms with Gasteiger partial charge in [0.15, 0.2) is 5.96 Å². The highest BCUT2D eigenvalue weighted by Crippen LogP contribution is 2.08. The van der Waals surface area contributed by atoms with E-state index >= 15 is 0 Å². The van der Waals surface area contributed by atoms with Crippen molar-refractivity contribution in [2.45, 2.75) is 53.6 Å². The zero-order valence-corrected chi connectivity index (χ0v) is 17.6. The van der Waals surface area contributed by atoms with Crippen LogP contribution in [0.4, 0.5) is 0 Å². The summed E-state index contributed by atoms with van der Waals surface area (Å²) in [6.07, 6.45) is 1.16. The Bertz CT molecular complexity index is 456. The molecule has 1 atom stereocenters. The van der Waals surface area contributed by atoms with E-state index in [1.165, 1.54) is 0 Å². The number of likely N-dealkylation sites (N-methyl/N-ethyl adjacent to an activating group) is 1. The maximum absolute atomic E-state index is 5.55. The van der Waals surface area contributed by atoms with Crippen LogP contribution in [0, 0.1) is 13.8 Å². The smallest absolute Gasteiger partial charge is 0.216 e. The molecule has 1 rings (SSSR count). The molecule has 0 aliphatic carbocycles. The molecule has 0 saturated heterocycles. The van der Waals surface area contributed by atoms with Gasteiger partial charge in [0.25, 0.3) is 0 Å². The van der Waals surface area contributed by atoms with Crippen LogP contribution in [0.1, 0.15) is 44.5 Å². The van der Waals surface area contributed by atoms with E-state index < -0.39 is 0 Å². The average Bonchev–Trinajstić information content (AvgIpc) is 2.82. The van der Waals surface area contributed by atoms with Crippen molar-refractivity contribution < 1.29 is 4.42 Å². The first-order valence-electron chi connectivity index (χ1n) is 8.13. The number of oxazole rings is 1. The second-order valence-corrected chi connectivity index (χ2v) is 5.61. The van der Waals surface area contributed by atoms with Crippen LogP contribution >= 0.6 is 24.0 Å². The lowest BCUT2D eigenvalue weighted by Gasteiger charge is -2.23. The molecule has 0 spiro atoms. The summed E-state index contributed by atoms with van der Waals surface area (Å²) in [5.74, 6) is 2.32. The van der Waals surface area contributed by atoms with Gasteiger partial charge in [-0.05, 0) is 41.2 Å². The fourth-order valence-electron chi connectivity index (χ4n) is 1.98. The molecule has 0 radical (unpaired) electrons. The lowest BCUT2D eigenvalue weighted by Crippen LogP contribution is -2.42. The quantitative estimate of drug-likeness (QED) is 0.372. The number of nitrogens with one attached hydrogen (secondary N) is 2. The maximum Gasteiger partial charge on any atom is 0.216 e. The molecular weight excluding hydrogens is 405 g/mol. The first-order valence-corrected chi connectivity index (χ1v) is 8.13. The number of nitrogens with zero attached hydrogens (tertiary/aromatic N) is 3. The second-order valence-electron chi connectivity index (χ2n) is 5.61. The molecule has 6 nitrogen and oxygen atoms in total. The van der Waals surface area contributed by atoms with Gasteiger partial charge >= 0.3 is 0 Å². The normalized spacial score (nSPS) is 12.9. The molecule has 0 saturated carbocycles. The Labute approximate surface area is 157 Å². The van der Waals surface area contributed by atoms with Gasteiger partial charge in [-0.3, -0.25) is 0 Å². The monoisotopic (exact) mass is 437 g/mol. The molecule has 1 aromatic heterocycles. The lowest BCUT2D eigenvalue weighted by atomic mass is 10.2. The van der Waals surface area contributed by atoms with Crippen LogP contribution in [0.5, 0.6) is 0 Å². The van der Waals surface area contributed by atoms with Crippen molar-refractivity contribution in [3.63, 3.8) is 0 Å². The van der Waals surface area contributed by atoms with Crippen molar-refractivity contribution >= 4 is 29.9 Å². The van der Waals surface area contributed by atoms with Crippen LogP contribution in [0.25, 0.3) is 0 Å². The minimum absolute atomic E-state index is 0. The number of hydrogen-bond donors (Lipinski definition) is 2. The van der Waals surface area contributed by atoms with Crippen molar-refractivity contribution in [1.29, 1.82) is 0 Å². The van der Waals surface area contributed by atoms with Crippen molar-refractivity contribution in [3.05, 3.63) is 17.3 Å². The molecule has 1 unspecified atom stereocenters. The number of aromatic nitrogens is 1. The first kappa shape index (κ1) is 22.2. The van der Waals surface area contributed by atoms with Crippen LogP contribution < -0.4 is 10.6 Å². The molecule has 23 heavy (non-hydrogen) atoms. The van der Waals surface area contributed by atoms with Gasteiger partial charge in [0, 0.05) is 25.7 Å². The van der Waals surface area contributed by atoms with E-state index in [2.05, 4.69) is 53.3 Å². The largest absolute Gasteiger partial charge is 0.444 e. The zero-order chi connectivity index (χ0) is 16.5. The molecular formula is C16H32IN5O. The van der Waals surface area contributed by atoms with Gasteiger partial charge in [0.2, 0.25) is 5.89 Å². The van der Waals surface area contributed by atoms with Crippen LogP contribution in [0.3, 0.4) is 0 Å². The van der Waals surface area contributed by atoms with Gasteiger partial charge in [-0.25, -0.2) is 9.98 Å². The van der Waals surface area contributed by atoms with Crippen molar-refractivity contribution in [2.24, 2.45) is 4.99 Å². The molecule has 0 fully saturated rings. The van der Waals surface area contributed by atoms with E-state index in [1.54, 1.807) is 0 Å². The topological polar surface area (TPSA) is 65.7 Å².